The molecule has 0 radical (unpaired) electrons. The number of methoxy groups -OCH3 is 1. The average molecular weight is 360 g/mol. The summed E-state index contributed by atoms with van der Waals surface area (Å²) in [4.78, 5) is 12.2. The SMILES string of the molecule is CCCCc1ccc(-c2ccc(OC(=O)c3ccc(OC)cc3)cc2)cc1. The summed E-state index contributed by atoms with van der Waals surface area (Å²) in [6, 6.07) is 23.1. The van der Waals surface area contributed by atoms with Crippen LogP contribution >= 0.6 is 0 Å². The highest BCUT2D eigenvalue weighted by molar-refractivity contribution is 5.91. The zero-order valence-electron chi connectivity index (χ0n) is 15.8. The Labute approximate surface area is 160 Å². The zero-order valence-corrected chi connectivity index (χ0v) is 15.8. The topological polar surface area (TPSA) is 35.5 Å². The third-order valence-corrected chi connectivity index (χ3v) is 4.50. The summed E-state index contributed by atoms with van der Waals surface area (Å²) in [5, 5.41) is 0. The van der Waals surface area contributed by atoms with Crippen molar-refractivity contribution in [1.29, 1.82) is 0 Å². The van der Waals surface area contributed by atoms with Crippen LogP contribution in [0.5, 0.6) is 11.5 Å². The van der Waals surface area contributed by atoms with Gasteiger partial charge < -0.3 is 9.47 Å². The fourth-order valence-electron chi connectivity index (χ4n) is 2.85. The second-order valence-electron chi connectivity index (χ2n) is 6.44. The Balaban J connectivity index is 1.65. The Morgan fingerprint density at radius 3 is 1.89 bits per heavy atom. The van der Waals surface area contributed by atoms with Gasteiger partial charge in [-0.25, -0.2) is 4.79 Å². The van der Waals surface area contributed by atoms with E-state index in [1.165, 1.54) is 18.4 Å². The maximum atomic E-state index is 12.2. The van der Waals surface area contributed by atoms with Crippen molar-refractivity contribution >= 4 is 5.97 Å². The Morgan fingerprint density at radius 2 is 1.33 bits per heavy atom. The number of ether oxygens (including phenoxy) is 2. The molecule has 0 N–H and O–H groups in total. The molecule has 3 heteroatoms. The lowest BCUT2D eigenvalue weighted by Crippen LogP contribution is -2.08. The summed E-state index contributed by atoms with van der Waals surface area (Å²) in [6.45, 7) is 2.21. The van der Waals surface area contributed by atoms with Crippen molar-refractivity contribution < 1.29 is 14.3 Å². The molecule has 3 aromatic rings. The third-order valence-electron chi connectivity index (χ3n) is 4.50. The van der Waals surface area contributed by atoms with Crippen LogP contribution in [0, 0.1) is 0 Å². The molecule has 0 saturated carbocycles. The van der Waals surface area contributed by atoms with Crippen LogP contribution in [0.4, 0.5) is 0 Å². The number of unbranched alkanes of at least 4 members (excludes halogenated alkanes) is 1. The van der Waals surface area contributed by atoms with Crippen LogP contribution in [0.3, 0.4) is 0 Å². The van der Waals surface area contributed by atoms with Gasteiger partial charge >= 0.3 is 5.97 Å². The summed E-state index contributed by atoms with van der Waals surface area (Å²) in [5.74, 6) is 0.849. The lowest BCUT2D eigenvalue weighted by molar-refractivity contribution is 0.0735. The molecule has 0 atom stereocenters. The van der Waals surface area contributed by atoms with E-state index in [4.69, 9.17) is 9.47 Å². The highest BCUT2D eigenvalue weighted by atomic mass is 16.5. The molecular weight excluding hydrogens is 336 g/mol. The van der Waals surface area contributed by atoms with Crippen molar-refractivity contribution in [2.45, 2.75) is 26.2 Å². The van der Waals surface area contributed by atoms with Gasteiger partial charge in [0, 0.05) is 0 Å². The van der Waals surface area contributed by atoms with Gasteiger partial charge in [-0.1, -0.05) is 49.7 Å². The number of carbonyl (C=O) groups excluding carboxylic acids is 1. The maximum Gasteiger partial charge on any atom is 0.343 e. The maximum absolute atomic E-state index is 12.2. The highest BCUT2D eigenvalue weighted by Crippen LogP contribution is 2.24. The molecule has 0 amide bonds. The second-order valence-corrected chi connectivity index (χ2v) is 6.44. The van der Waals surface area contributed by atoms with Crippen LogP contribution in [0.25, 0.3) is 11.1 Å². The minimum Gasteiger partial charge on any atom is -0.497 e. The van der Waals surface area contributed by atoms with Crippen molar-refractivity contribution in [3.8, 4) is 22.6 Å². The van der Waals surface area contributed by atoms with E-state index in [1.54, 1.807) is 31.4 Å². The predicted octanol–water partition coefficient (Wildman–Crippen LogP) is 5.92. The lowest BCUT2D eigenvalue weighted by Gasteiger charge is -2.07. The molecule has 0 heterocycles. The van der Waals surface area contributed by atoms with E-state index in [2.05, 4.69) is 31.2 Å². The van der Waals surface area contributed by atoms with Crippen LogP contribution in [-0.4, -0.2) is 13.1 Å². The van der Waals surface area contributed by atoms with E-state index in [0.717, 1.165) is 17.5 Å². The fraction of sp³-hybridized carbons (Fsp3) is 0.208. The van der Waals surface area contributed by atoms with Gasteiger partial charge in [0.2, 0.25) is 0 Å². The van der Waals surface area contributed by atoms with Crippen LogP contribution in [0.15, 0.2) is 72.8 Å². The second kappa shape index (κ2) is 9.04. The van der Waals surface area contributed by atoms with Gasteiger partial charge in [0.25, 0.3) is 0 Å². The van der Waals surface area contributed by atoms with Crippen LogP contribution in [0.1, 0.15) is 35.7 Å². The molecule has 0 fully saturated rings. The minimum atomic E-state index is -0.384. The number of carbonyl (C=O) groups is 1. The summed E-state index contributed by atoms with van der Waals surface area (Å²) in [7, 11) is 1.59. The first-order valence-electron chi connectivity index (χ1n) is 9.25. The Hall–Kier alpha value is -3.07. The molecule has 3 aromatic carbocycles. The zero-order chi connectivity index (χ0) is 19.1. The molecule has 3 nitrogen and oxygen atoms in total. The molecule has 0 aliphatic heterocycles. The van der Waals surface area contributed by atoms with Gasteiger partial charge in [0.05, 0.1) is 12.7 Å². The molecule has 0 saturated heterocycles. The molecule has 0 aliphatic carbocycles. The number of benzene rings is 3. The van der Waals surface area contributed by atoms with Gasteiger partial charge in [-0.2, -0.15) is 0 Å². The van der Waals surface area contributed by atoms with Gasteiger partial charge in [-0.3, -0.25) is 0 Å². The molecule has 0 bridgehead atoms. The van der Waals surface area contributed by atoms with Gasteiger partial charge in [0.1, 0.15) is 11.5 Å². The number of hydrogen-bond acceptors (Lipinski definition) is 3. The molecule has 27 heavy (non-hydrogen) atoms. The van der Waals surface area contributed by atoms with E-state index >= 15 is 0 Å². The van der Waals surface area contributed by atoms with E-state index in [9.17, 15) is 4.79 Å². The molecule has 0 aromatic heterocycles. The lowest BCUT2D eigenvalue weighted by atomic mass is 10.0. The Bertz CT molecular complexity index is 863. The number of rotatable bonds is 7. The minimum absolute atomic E-state index is 0.384. The molecular formula is C24H24O3. The van der Waals surface area contributed by atoms with Crippen molar-refractivity contribution in [3.63, 3.8) is 0 Å². The van der Waals surface area contributed by atoms with Crippen LogP contribution in [-0.2, 0) is 6.42 Å². The smallest absolute Gasteiger partial charge is 0.343 e. The largest absolute Gasteiger partial charge is 0.497 e. The predicted molar refractivity (Wildman–Crippen MR) is 108 cm³/mol. The van der Waals surface area contributed by atoms with E-state index in [0.29, 0.717) is 17.1 Å². The quantitative estimate of drug-likeness (QED) is 0.387. The summed E-state index contributed by atoms with van der Waals surface area (Å²) < 4.78 is 10.5. The van der Waals surface area contributed by atoms with Gasteiger partial charge in [0.15, 0.2) is 0 Å². The number of esters is 1. The number of hydrogen-bond donors (Lipinski definition) is 0. The van der Waals surface area contributed by atoms with Crippen molar-refractivity contribution in [3.05, 3.63) is 83.9 Å². The molecule has 138 valence electrons. The van der Waals surface area contributed by atoms with Gasteiger partial charge in [-0.15, -0.1) is 0 Å². The van der Waals surface area contributed by atoms with Crippen molar-refractivity contribution in [2.75, 3.05) is 7.11 Å². The molecule has 0 aliphatic rings. The van der Waals surface area contributed by atoms with Crippen molar-refractivity contribution in [1.82, 2.24) is 0 Å². The van der Waals surface area contributed by atoms with E-state index < -0.39 is 0 Å². The van der Waals surface area contributed by atoms with Gasteiger partial charge in [-0.05, 0) is 65.9 Å². The Morgan fingerprint density at radius 1 is 0.778 bits per heavy atom. The first kappa shape index (κ1) is 18.7. The molecule has 0 spiro atoms. The fourth-order valence-corrected chi connectivity index (χ4v) is 2.85. The van der Waals surface area contributed by atoms with E-state index in [-0.39, 0.29) is 5.97 Å². The van der Waals surface area contributed by atoms with Crippen molar-refractivity contribution in [2.24, 2.45) is 0 Å². The molecule has 0 unspecified atom stereocenters. The monoisotopic (exact) mass is 360 g/mol. The summed E-state index contributed by atoms with van der Waals surface area (Å²) in [5.41, 5.74) is 4.11. The molecule has 3 rings (SSSR count). The van der Waals surface area contributed by atoms with E-state index in [1.807, 2.05) is 24.3 Å². The first-order valence-corrected chi connectivity index (χ1v) is 9.25. The van der Waals surface area contributed by atoms with Crippen LogP contribution < -0.4 is 9.47 Å². The average Bonchev–Trinajstić information content (AvgIpc) is 2.73. The Kier molecular flexibility index (Phi) is 6.26. The first-order chi connectivity index (χ1) is 13.2. The number of aryl methyl sites for hydroxylation is 1. The standard InChI is InChI=1S/C24H24O3/c1-3-4-5-18-6-8-19(9-7-18)20-10-16-23(17-11-20)27-24(25)21-12-14-22(26-2)15-13-21/h6-17H,3-5H2,1-2H3. The van der Waals surface area contributed by atoms with Crippen LogP contribution in [0.2, 0.25) is 0 Å². The highest BCUT2D eigenvalue weighted by Gasteiger charge is 2.09. The summed E-state index contributed by atoms with van der Waals surface area (Å²) >= 11 is 0. The third kappa shape index (κ3) is 4.98. The summed E-state index contributed by atoms with van der Waals surface area (Å²) in [6.07, 6.45) is 3.54. The normalized spacial score (nSPS) is 10.4.